The van der Waals surface area contributed by atoms with Gasteiger partial charge in [0.15, 0.2) is 0 Å². The molecule has 1 saturated carbocycles. The Kier molecular flexibility index (Phi) is 2.40. The molecule has 1 aromatic heterocycles. The number of nitrogens with zero attached hydrogens (tertiary/aromatic N) is 1. The van der Waals surface area contributed by atoms with Gasteiger partial charge in [0.25, 0.3) is 0 Å². The lowest BCUT2D eigenvalue weighted by atomic mass is 9.85. The van der Waals surface area contributed by atoms with Crippen LogP contribution in [-0.4, -0.2) is 4.98 Å². The average molecular weight is 160 g/mol. The molecule has 0 unspecified atom stereocenters. The molecule has 0 saturated heterocycles. The molecule has 1 nitrogen and oxygen atoms in total. The van der Waals surface area contributed by atoms with Crippen molar-refractivity contribution in [1.29, 1.82) is 0 Å². The molecule has 0 spiro atoms. The molecule has 1 aliphatic carbocycles. The maximum Gasteiger partial charge on any atom is 0.0302 e. The molecular weight excluding hydrogens is 146 g/mol. The second-order valence-corrected chi connectivity index (χ2v) is 3.43. The van der Waals surface area contributed by atoms with Crippen LogP contribution in [0.3, 0.4) is 0 Å². The molecule has 1 fully saturated rings. The minimum atomic E-state index is 0.767. The Morgan fingerprint density at radius 1 is 1.25 bits per heavy atom. The fourth-order valence-electron chi connectivity index (χ4n) is 1.88. The highest BCUT2D eigenvalue weighted by atomic mass is 14.6. The topological polar surface area (TPSA) is 12.9 Å². The molecule has 0 amide bonds. The third-order valence-corrected chi connectivity index (χ3v) is 2.59. The summed E-state index contributed by atoms with van der Waals surface area (Å²) in [6.07, 6.45) is 11.4. The predicted octanol–water partition coefficient (Wildman–Crippen LogP) is 2.94. The van der Waals surface area contributed by atoms with E-state index in [4.69, 9.17) is 0 Å². The Labute approximate surface area is 73.8 Å². The quantitative estimate of drug-likeness (QED) is 0.615. The predicted molar refractivity (Wildman–Crippen MR) is 49.7 cm³/mol. The molecule has 0 N–H and O–H groups in total. The van der Waals surface area contributed by atoms with Gasteiger partial charge < -0.3 is 0 Å². The first kappa shape index (κ1) is 7.78. The molecule has 12 heavy (non-hydrogen) atoms. The van der Waals surface area contributed by atoms with E-state index in [1.807, 2.05) is 18.5 Å². The summed E-state index contributed by atoms with van der Waals surface area (Å²) in [6.45, 7) is 0. The fourth-order valence-corrected chi connectivity index (χ4v) is 1.88. The van der Waals surface area contributed by atoms with E-state index in [-0.39, 0.29) is 0 Å². The van der Waals surface area contributed by atoms with Crippen LogP contribution in [0.25, 0.3) is 0 Å². The van der Waals surface area contributed by atoms with Crippen LogP contribution >= 0.6 is 0 Å². The number of rotatable bonds is 1. The molecule has 1 aliphatic rings. The van der Waals surface area contributed by atoms with E-state index in [0.29, 0.717) is 0 Å². The van der Waals surface area contributed by atoms with E-state index in [0.717, 1.165) is 5.92 Å². The third kappa shape index (κ3) is 1.66. The lowest BCUT2D eigenvalue weighted by Gasteiger charge is -2.20. The molecule has 0 aromatic carbocycles. The number of hydrogen-bond donors (Lipinski definition) is 0. The summed E-state index contributed by atoms with van der Waals surface area (Å²) in [5.41, 5.74) is 1.42. The zero-order chi connectivity index (χ0) is 8.23. The number of hydrogen-bond acceptors (Lipinski definition) is 1. The van der Waals surface area contributed by atoms with Gasteiger partial charge in [-0.2, -0.15) is 0 Å². The van der Waals surface area contributed by atoms with Crippen molar-refractivity contribution in [2.24, 2.45) is 0 Å². The normalized spacial score (nSPS) is 19.3. The van der Waals surface area contributed by atoms with Gasteiger partial charge in [0, 0.05) is 12.4 Å². The van der Waals surface area contributed by atoms with E-state index >= 15 is 0 Å². The highest BCUT2D eigenvalue weighted by Crippen LogP contribution is 2.31. The van der Waals surface area contributed by atoms with Gasteiger partial charge in [-0.3, -0.25) is 4.98 Å². The minimum absolute atomic E-state index is 0.767. The lowest BCUT2D eigenvalue weighted by Crippen LogP contribution is -2.04. The lowest BCUT2D eigenvalue weighted by molar-refractivity contribution is 0.510. The molecule has 1 heteroatoms. The van der Waals surface area contributed by atoms with Crippen molar-refractivity contribution in [2.75, 3.05) is 0 Å². The van der Waals surface area contributed by atoms with E-state index in [1.54, 1.807) is 0 Å². The van der Waals surface area contributed by atoms with Crippen LogP contribution in [0.2, 0.25) is 0 Å². The second kappa shape index (κ2) is 3.70. The Morgan fingerprint density at radius 2 is 2.08 bits per heavy atom. The van der Waals surface area contributed by atoms with Crippen molar-refractivity contribution in [3.8, 4) is 0 Å². The van der Waals surface area contributed by atoms with Crippen molar-refractivity contribution in [3.05, 3.63) is 36.5 Å². The van der Waals surface area contributed by atoms with Crippen LogP contribution in [0.1, 0.15) is 37.2 Å². The standard InChI is InChI=1S/C11H14N/c1-2-5-10(6-3-1)11-7-4-8-12-9-11/h1,4,7-10H,2-3,5-6H2. The maximum atomic E-state index is 4.15. The van der Waals surface area contributed by atoms with E-state index in [2.05, 4.69) is 17.5 Å². The first-order chi connectivity index (χ1) is 5.97. The SMILES string of the molecule is [CH]1CCC(c2cccnc2)CC1. The van der Waals surface area contributed by atoms with Crippen LogP contribution in [-0.2, 0) is 0 Å². The molecule has 63 valence electrons. The zero-order valence-corrected chi connectivity index (χ0v) is 7.24. The van der Waals surface area contributed by atoms with E-state index in [1.165, 1.54) is 31.2 Å². The number of aromatic nitrogens is 1. The average Bonchev–Trinajstić information content (AvgIpc) is 2.21. The number of pyridine rings is 1. The summed E-state index contributed by atoms with van der Waals surface area (Å²) in [4.78, 5) is 4.15. The molecule has 1 heterocycles. The van der Waals surface area contributed by atoms with Gasteiger partial charge in [0.2, 0.25) is 0 Å². The first-order valence-corrected chi connectivity index (χ1v) is 4.68. The van der Waals surface area contributed by atoms with Gasteiger partial charge >= 0.3 is 0 Å². The Hall–Kier alpha value is -0.850. The summed E-state index contributed by atoms with van der Waals surface area (Å²) in [5.74, 6) is 0.767. The molecule has 0 bridgehead atoms. The summed E-state index contributed by atoms with van der Waals surface area (Å²) in [5, 5.41) is 0. The van der Waals surface area contributed by atoms with Gasteiger partial charge in [-0.15, -0.1) is 0 Å². The molecule has 0 aliphatic heterocycles. The van der Waals surface area contributed by atoms with Crippen molar-refractivity contribution in [2.45, 2.75) is 31.6 Å². The highest BCUT2D eigenvalue weighted by molar-refractivity contribution is 5.15. The first-order valence-electron chi connectivity index (χ1n) is 4.68. The maximum absolute atomic E-state index is 4.15. The molecule has 0 atom stereocenters. The van der Waals surface area contributed by atoms with Crippen molar-refractivity contribution < 1.29 is 0 Å². The van der Waals surface area contributed by atoms with Crippen molar-refractivity contribution in [3.63, 3.8) is 0 Å². The van der Waals surface area contributed by atoms with Gasteiger partial charge in [-0.25, -0.2) is 0 Å². The van der Waals surface area contributed by atoms with Gasteiger partial charge in [-0.1, -0.05) is 6.07 Å². The molecular formula is C11H14N. The van der Waals surface area contributed by atoms with Crippen LogP contribution in [0.5, 0.6) is 0 Å². The van der Waals surface area contributed by atoms with Crippen LogP contribution < -0.4 is 0 Å². The zero-order valence-electron chi connectivity index (χ0n) is 7.24. The second-order valence-electron chi connectivity index (χ2n) is 3.43. The van der Waals surface area contributed by atoms with E-state index in [9.17, 15) is 0 Å². The summed E-state index contributed by atoms with van der Waals surface area (Å²) in [7, 11) is 0. The summed E-state index contributed by atoms with van der Waals surface area (Å²) in [6, 6.07) is 4.23. The minimum Gasteiger partial charge on any atom is -0.264 e. The van der Waals surface area contributed by atoms with Gasteiger partial charge in [-0.05, 0) is 49.7 Å². The van der Waals surface area contributed by atoms with E-state index < -0.39 is 0 Å². The van der Waals surface area contributed by atoms with Gasteiger partial charge in [0.05, 0.1) is 0 Å². The monoisotopic (exact) mass is 160 g/mol. The van der Waals surface area contributed by atoms with Crippen LogP contribution in [0.4, 0.5) is 0 Å². The van der Waals surface area contributed by atoms with Crippen molar-refractivity contribution in [1.82, 2.24) is 4.98 Å². The third-order valence-electron chi connectivity index (χ3n) is 2.59. The van der Waals surface area contributed by atoms with Crippen LogP contribution in [0.15, 0.2) is 24.5 Å². The smallest absolute Gasteiger partial charge is 0.0302 e. The van der Waals surface area contributed by atoms with Crippen LogP contribution in [0, 0.1) is 6.42 Å². The molecule has 1 aromatic rings. The summed E-state index contributed by atoms with van der Waals surface area (Å²) < 4.78 is 0. The largest absolute Gasteiger partial charge is 0.264 e. The Bertz CT molecular complexity index is 224. The van der Waals surface area contributed by atoms with Gasteiger partial charge in [0.1, 0.15) is 0 Å². The summed E-state index contributed by atoms with van der Waals surface area (Å²) >= 11 is 0. The Balaban J connectivity index is 2.08. The molecule has 2 rings (SSSR count). The molecule has 1 radical (unpaired) electrons. The highest BCUT2D eigenvalue weighted by Gasteiger charge is 2.14. The van der Waals surface area contributed by atoms with Crippen molar-refractivity contribution >= 4 is 0 Å². The Morgan fingerprint density at radius 3 is 2.75 bits per heavy atom. The fraction of sp³-hybridized carbons (Fsp3) is 0.455.